The summed E-state index contributed by atoms with van der Waals surface area (Å²) < 4.78 is 12.1. The minimum atomic E-state index is -2.81. The molecule has 1 aliphatic carbocycles. The Morgan fingerprint density at radius 3 is 2.02 bits per heavy atom. The molecule has 3 aromatic rings. The number of aliphatic hydroxyl groups excluding tert-OH is 2. The zero-order valence-electron chi connectivity index (χ0n) is 26.8. The van der Waals surface area contributed by atoms with E-state index in [0.717, 1.165) is 24.8 Å². The van der Waals surface area contributed by atoms with Crippen LogP contribution in [0.3, 0.4) is 0 Å². The van der Waals surface area contributed by atoms with Gasteiger partial charge in [-0.1, -0.05) is 124 Å². The molecular weight excluding hydrogens is 564 g/mol. The van der Waals surface area contributed by atoms with E-state index in [2.05, 4.69) is 93.6 Å². The summed E-state index contributed by atoms with van der Waals surface area (Å²) in [4.78, 5) is 11.5. The molecule has 0 aromatic heterocycles. The highest BCUT2D eigenvalue weighted by Crippen LogP contribution is 2.51. The first-order chi connectivity index (χ1) is 21.2. The topological polar surface area (TPSA) is 76.0 Å². The lowest BCUT2D eigenvalue weighted by Crippen LogP contribution is -2.67. The summed E-state index contributed by atoms with van der Waals surface area (Å²) in [7, 11) is -1.39. The van der Waals surface area contributed by atoms with Crippen molar-refractivity contribution in [3.05, 3.63) is 109 Å². The maximum atomic E-state index is 11.7. The van der Waals surface area contributed by atoms with Gasteiger partial charge in [0.2, 0.25) is 0 Å². The molecule has 0 saturated heterocycles. The van der Waals surface area contributed by atoms with Crippen molar-refractivity contribution in [3.8, 4) is 0 Å². The summed E-state index contributed by atoms with van der Waals surface area (Å²) in [5, 5.41) is 25.0. The van der Waals surface area contributed by atoms with Gasteiger partial charge in [0, 0.05) is 31.0 Å². The molecule has 1 aliphatic rings. The highest BCUT2D eigenvalue weighted by molar-refractivity contribution is 6.99. The van der Waals surface area contributed by atoms with Crippen LogP contribution in [0.25, 0.3) is 0 Å². The van der Waals surface area contributed by atoms with E-state index in [1.54, 1.807) is 0 Å². The summed E-state index contributed by atoms with van der Waals surface area (Å²) in [6.45, 7) is 7.21. The monoisotopic (exact) mass is 614 g/mol. The molecular formula is C38H50O5Si. The Morgan fingerprint density at radius 2 is 1.50 bits per heavy atom. The van der Waals surface area contributed by atoms with Crippen molar-refractivity contribution in [2.45, 2.75) is 70.4 Å². The highest BCUT2D eigenvalue weighted by atomic mass is 28.4. The second-order valence-electron chi connectivity index (χ2n) is 13.4. The Balaban J connectivity index is 1.67. The van der Waals surface area contributed by atoms with Crippen molar-refractivity contribution < 1.29 is 24.2 Å². The maximum absolute atomic E-state index is 11.7. The first kappa shape index (κ1) is 33.9. The second-order valence-corrected chi connectivity index (χ2v) is 17.7. The van der Waals surface area contributed by atoms with E-state index in [1.165, 1.54) is 17.5 Å². The Hall–Kier alpha value is -3.03. The first-order valence-corrected chi connectivity index (χ1v) is 17.9. The minimum absolute atomic E-state index is 0.00445. The molecule has 236 valence electrons. The number of methoxy groups -OCH3 is 1. The fourth-order valence-electron chi connectivity index (χ4n) is 7.35. The summed E-state index contributed by atoms with van der Waals surface area (Å²) in [5.41, 5.74) is 0.686. The number of rotatable bonds is 14. The van der Waals surface area contributed by atoms with Crippen LogP contribution in [-0.4, -0.2) is 50.9 Å². The van der Waals surface area contributed by atoms with Crippen molar-refractivity contribution in [2.75, 3.05) is 20.3 Å². The lowest BCUT2D eigenvalue weighted by molar-refractivity contribution is -0.140. The van der Waals surface area contributed by atoms with Gasteiger partial charge in [0.15, 0.2) is 0 Å². The third-order valence-electron chi connectivity index (χ3n) is 9.57. The van der Waals surface area contributed by atoms with Crippen LogP contribution in [-0.2, 0) is 20.4 Å². The molecule has 0 heterocycles. The summed E-state index contributed by atoms with van der Waals surface area (Å²) in [6, 6.07) is 31.5. The Bertz CT molecular complexity index is 1280. The van der Waals surface area contributed by atoms with E-state index in [0.29, 0.717) is 25.9 Å². The molecule has 6 heteroatoms. The average Bonchev–Trinajstić information content (AvgIpc) is 3.29. The molecule has 0 spiro atoms. The fourth-order valence-corrected chi connectivity index (χ4v) is 11.9. The van der Waals surface area contributed by atoms with Crippen LogP contribution < -0.4 is 10.4 Å². The van der Waals surface area contributed by atoms with Gasteiger partial charge in [0.25, 0.3) is 8.32 Å². The number of hydrogen-bond acceptors (Lipinski definition) is 5. The number of carbonyl (C=O) groups excluding carboxylic acids is 1. The van der Waals surface area contributed by atoms with Gasteiger partial charge in [-0.2, -0.15) is 0 Å². The number of esters is 1. The normalized spacial score (nSPS) is 22.4. The van der Waals surface area contributed by atoms with Crippen LogP contribution in [0.1, 0.15) is 58.4 Å². The quantitative estimate of drug-likeness (QED) is 0.0998. The predicted molar refractivity (Wildman–Crippen MR) is 180 cm³/mol. The van der Waals surface area contributed by atoms with Crippen LogP contribution in [0.2, 0.25) is 5.04 Å². The van der Waals surface area contributed by atoms with Gasteiger partial charge in [0.05, 0.1) is 13.2 Å². The number of aliphatic hydroxyl groups is 2. The van der Waals surface area contributed by atoms with Crippen molar-refractivity contribution in [2.24, 2.45) is 17.3 Å². The van der Waals surface area contributed by atoms with E-state index >= 15 is 0 Å². The Labute approximate surface area is 265 Å². The fraction of sp³-hybridized carbons (Fsp3) is 0.447. The Kier molecular flexibility index (Phi) is 11.8. The van der Waals surface area contributed by atoms with Gasteiger partial charge >= 0.3 is 5.97 Å². The first-order valence-electron chi connectivity index (χ1n) is 16.0. The van der Waals surface area contributed by atoms with Crippen molar-refractivity contribution in [1.29, 1.82) is 0 Å². The molecule has 5 nitrogen and oxygen atoms in total. The molecule has 0 amide bonds. The molecule has 4 rings (SSSR count). The average molecular weight is 615 g/mol. The molecule has 1 saturated carbocycles. The van der Waals surface area contributed by atoms with E-state index in [1.807, 2.05) is 30.3 Å². The molecule has 3 aromatic carbocycles. The number of carbonyl (C=O) groups is 1. The second kappa shape index (κ2) is 15.3. The summed E-state index contributed by atoms with van der Waals surface area (Å²) >= 11 is 0. The molecule has 4 atom stereocenters. The van der Waals surface area contributed by atoms with E-state index in [9.17, 15) is 15.0 Å². The molecule has 2 N–H and O–H groups in total. The third-order valence-corrected chi connectivity index (χ3v) is 14.6. The summed E-state index contributed by atoms with van der Waals surface area (Å²) in [6.07, 6.45) is 7.53. The SMILES string of the molecule is COC(=O)CCCC=CC[C@@H]1[C@@H](CO[Si](c2ccccc2)(c2ccccc2)C(C)(C)C)[C@H](O)C[C@@]1(CO)Cc1ccccc1. The van der Waals surface area contributed by atoms with Crippen LogP contribution in [0.15, 0.2) is 103 Å². The molecule has 0 unspecified atom stereocenters. The number of benzene rings is 3. The molecule has 0 aliphatic heterocycles. The molecule has 1 fully saturated rings. The van der Waals surface area contributed by atoms with Crippen LogP contribution in [0, 0.1) is 17.3 Å². The smallest absolute Gasteiger partial charge is 0.305 e. The van der Waals surface area contributed by atoms with E-state index < -0.39 is 19.8 Å². The van der Waals surface area contributed by atoms with Gasteiger partial charge in [-0.05, 0) is 59.0 Å². The van der Waals surface area contributed by atoms with Gasteiger partial charge in [-0.25, -0.2) is 0 Å². The maximum Gasteiger partial charge on any atom is 0.305 e. The lowest BCUT2D eigenvalue weighted by Gasteiger charge is -2.44. The molecule has 0 radical (unpaired) electrons. The highest BCUT2D eigenvalue weighted by Gasteiger charge is 2.55. The zero-order valence-corrected chi connectivity index (χ0v) is 27.8. The largest absolute Gasteiger partial charge is 0.469 e. The van der Waals surface area contributed by atoms with Crippen molar-refractivity contribution in [3.63, 3.8) is 0 Å². The number of ether oxygens (including phenoxy) is 1. The van der Waals surface area contributed by atoms with Gasteiger partial charge < -0.3 is 19.4 Å². The third kappa shape index (κ3) is 7.60. The number of allylic oxidation sites excluding steroid dienone is 2. The number of hydrogen-bond donors (Lipinski definition) is 2. The van der Waals surface area contributed by atoms with Crippen molar-refractivity contribution in [1.82, 2.24) is 0 Å². The minimum Gasteiger partial charge on any atom is -0.469 e. The molecule has 0 bridgehead atoms. The lowest BCUT2D eigenvalue weighted by atomic mass is 9.70. The molecule has 44 heavy (non-hydrogen) atoms. The van der Waals surface area contributed by atoms with Crippen LogP contribution in [0.5, 0.6) is 0 Å². The van der Waals surface area contributed by atoms with E-state index in [-0.39, 0.29) is 29.5 Å². The van der Waals surface area contributed by atoms with Crippen LogP contribution >= 0.6 is 0 Å². The van der Waals surface area contributed by atoms with Gasteiger partial charge in [-0.3, -0.25) is 4.79 Å². The van der Waals surface area contributed by atoms with Gasteiger partial charge in [0.1, 0.15) is 0 Å². The van der Waals surface area contributed by atoms with Gasteiger partial charge in [-0.15, -0.1) is 0 Å². The summed E-state index contributed by atoms with van der Waals surface area (Å²) in [5.74, 6) is -0.329. The standard InChI is InChI=1S/C38H50O5Si/c1-37(2,3)44(31-20-12-8-13-21-31,32-22-14-9-15-23-32)43-28-33-34(24-16-5-6-17-25-36(41)42-4)38(29-39,27-35(33)40)26-30-18-10-7-11-19-30/h5,7-16,18-23,33-35,39-40H,6,17,24-29H2,1-4H3/t33-,34-,35-,38-/m1/s1. The zero-order chi connectivity index (χ0) is 31.6. The predicted octanol–water partition coefficient (Wildman–Crippen LogP) is 6.07. The Morgan fingerprint density at radius 1 is 0.932 bits per heavy atom. The van der Waals surface area contributed by atoms with Crippen molar-refractivity contribution >= 4 is 24.7 Å². The van der Waals surface area contributed by atoms with E-state index in [4.69, 9.17) is 9.16 Å². The van der Waals surface area contributed by atoms with Crippen LogP contribution in [0.4, 0.5) is 0 Å². The number of unbranched alkanes of at least 4 members (excludes halogenated alkanes) is 1.